The molecule has 2 unspecified atom stereocenters. The molecule has 0 aliphatic heterocycles. The summed E-state index contributed by atoms with van der Waals surface area (Å²) in [6, 6.07) is 10.4. The molecule has 0 bridgehead atoms. The summed E-state index contributed by atoms with van der Waals surface area (Å²) >= 11 is 24.8. The minimum atomic E-state index is -4.98. The number of rotatable bonds is 7. The number of aromatic nitrogens is 5. The zero-order valence-electron chi connectivity index (χ0n) is 19.3. The monoisotopic (exact) mass is 609 g/mol. The lowest BCUT2D eigenvalue weighted by molar-refractivity contribution is -0.207. The summed E-state index contributed by atoms with van der Waals surface area (Å²) in [6.07, 6.45) is -8.91. The molecule has 0 saturated carbocycles. The van der Waals surface area contributed by atoms with Crippen molar-refractivity contribution in [1.29, 1.82) is 0 Å². The lowest BCUT2D eigenvalue weighted by Crippen LogP contribution is -2.37. The molecule has 15 heteroatoms. The van der Waals surface area contributed by atoms with Gasteiger partial charge in [0.05, 0.1) is 24.5 Å². The summed E-state index contributed by atoms with van der Waals surface area (Å²) in [4.78, 5) is 17.7. The molecule has 0 radical (unpaired) electrons. The molecule has 38 heavy (non-hydrogen) atoms. The van der Waals surface area contributed by atoms with Crippen molar-refractivity contribution in [2.45, 2.75) is 38.4 Å². The fourth-order valence-corrected chi connectivity index (χ4v) is 4.66. The number of aliphatic hydroxyl groups is 2. The van der Waals surface area contributed by atoms with E-state index in [1.54, 1.807) is 0 Å². The number of hydrogen-bond acceptors (Lipinski definition) is 5. The van der Waals surface area contributed by atoms with Crippen LogP contribution in [-0.2, 0) is 13.1 Å². The van der Waals surface area contributed by atoms with E-state index in [2.05, 4.69) is 10.1 Å². The third-order valence-corrected chi connectivity index (χ3v) is 6.54. The minimum absolute atomic E-state index is 0.00474. The molecule has 2 heterocycles. The van der Waals surface area contributed by atoms with Crippen LogP contribution in [0.15, 0.2) is 47.3 Å². The predicted octanol–water partition coefficient (Wildman–Crippen LogP) is 5.54. The number of alkyl halides is 3. The third kappa shape index (κ3) is 5.88. The minimum Gasteiger partial charge on any atom is -0.385 e. The number of halogens is 7. The first-order valence-corrected chi connectivity index (χ1v) is 12.4. The van der Waals surface area contributed by atoms with E-state index in [9.17, 15) is 28.2 Å². The van der Waals surface area contributed by atoms with Gasteiger partial charge in [-0.1, -0.05) is 58.5 Å². The molecular formula is C23H18Cl4F3N5O3. The van der Waals surface area contributed by atoms with E-state index in [4.69, 9.17) is 46.4 Å². The molecular weight excluding hydrogens is 593 g/mol. The van der Waals surface area contributed by atoms with Gasteiger partial charge in [-0.15, -0.1) is 5.10 Å². The second kappa shape index (κ2) is 10.9. The summed E-state index contributed by atoms with van der Waals surface area (Å²) in [5.41, 5.74) is -0.368. The van der Waals surface area contributed by atoms with E-state index in [-0.39, 0.29) is 44.6 Å². The Balaban J connectivity index is 1.89. The Bertz CT molecular complexity index is 1510. The van der Waals surface area contributed by atoms with Gasteiger partial charge < -0.3 is 10.2 Å². The quantitative estimate of drug-likeness (QED) is 0.286. The maximum absolute atomic E-state index is 13.4. The van der Waals surface area contributed by atoms with E-state index in [1.165, 1.54) is 54.1 Å². The summed E-state index contributed by atoms with van der Waals surface area (Å²) in [7, 11) is 0. The van der Waals surface area contributed by atoms with E-state index in [0.717, 1.165) is 9.13 Å². The Hall–Kier alpha value is -2.54. The summed E-state index contributed by atoms with van der Waals surface area (Å²) in [6.45, 7) is -0.0407. The van der Waals surface area contributed by atoms with Crippen LogP contribution in [0.4, 0.5) is 13.2 Å². The lowest BCUT2D eigenvalue weighted by atomic mass is 10.1. The van der Waals surface area contributed by atoms with Crippen LogP contribution in [0, 0.1) is 0 Å². The molecule has 2 aromatic carbocycles. The van der Waals surface area contributed by atoms with Crippen molar-refractivity contribution >= 4 is 46.4 Å². The first-order valence-electron chi connectivity index (χ1n) is 10.9. The summed E-state index contributed by atoms with van der Waals surface area (Å²) in [5, 5.41) is 24.8. The molecule has 2 atom stereocenters. The van der Waals surface area contributed by atoms with Gasteiger partial charge in [0.2, 0.25) is 0 Å². The molecule has 0 fully saturated rings. The molecule has 8 nitrogen and oxygen atoms in total. The van der Waals surface area contributed by atoms with Crippen LogP contribution in [0.3, 0.4) is 0 Å². The number of nitrogens with zero attached hydrogens (tertiary/aromatic N) is 5. The Kier molecular flexibility index (Phi) is 8.17. The van der Waals surface area contributed by atoms with Crippen molar-refractivity contribution in [1.82, 2.24) is 23.9 Å². The van der Waals surface area contributed by atoms with Gasteiger partial charge in [-0.05, 0) is 37.3 Å². The maximum Gasteiger partial charge on any atom is 0.416 e. The Morgan fingerprint density at radius 3 is 2.11 bits per heavy atom. The summed E-state index contributed by atoms with van der Waals surface area (Å²) < 4.78 is 42.6. The van der Waals surface area contributed by atoms with Crippen molar-refractivity contribution in [3.63, 3.8) is 0 Å². The standard InChI is InChI=1S/C23H18Cl4F3N5O3/c1-11(36)21-31-18(35(32-21)16-7-14(25)6-15(26)8-16)10-34-20(27)19(12-2-4-13(24)5-3-12)33(22(34)38)9-17(37)23(28,29)30/h2-8,11,17,36-37H,9-10H2,1H3. The van der Waals surface area contributed by atoms with Gasteiger partial charge in [-0.2, -0.15) is 13.2 Å². The van der Waals surface area contributed by atoms with Gasteiger partial charge in [0.25, 0.3) is 0 Å². The molecule has 202 valence electrons. The molecule has 0 saturated heterocycles. The van der Waals surface area contributed by atoms with Crippen molar-refractivity contribution < 1.29 is 23.4 Å². The number of imidazole rings is 1. The highest BCUT2D eigenvalue weighted by Gasteiger charge is 2.39. The van der Waals surface area contributed by atoms with Crippen LogP contribution < -0.4 is 5.69 Å². The number of benzene rings is 2. The third-order valence-electron chi connectivity index (χ3n) is 5.47. The molecule has 0 amide bonds. The molecule has 4 rings (SSSR count). The van der Waals surface area contributed by atoms with E-state index < -0.39 is 30.6 Å². The van der Waals surface area contributed by atoms with E-state index in [0.29, 0.717) is 10.7 Å². The largest absolute Gasteiger partial charge is 0.416 e. The van der Waals surface area contributed by atoms with Crippen molar-refractivity contribution in [2.24, 2.45) is 0 Å². The maximum atomic E-state index is 13.4. The number of aliphatic hydroxyl groups excluding tert-OH is 2. The molecule has 0 aliphatic carbocycles. The van der Waals surface area contributed by atoms with Gasteiger partial charge in [0.15, 0.2) is 17.8 Å². The van der Waals surface area contributed by atoms with Gasteiger partial charge in [0, 0.05) is 20.6 Å². The Labute approximate surface area is 233 Å². The van der Waals surface area contributed by atoms with Crippen LogP contribution in [0.25, 0.3) is 16.9 Å². The Morgan fingerprint density at radius 1 is 0.947 bits per heavy atom. The second-order valence-electron chi connectivity index (χ2n) is 8.28. The highest BCUT2D eigenvalue weighted by atomic mass is 35.5. The van der Waals surface area contributed by atoms with Gasteiger partial charge in [-0.3, -0.25) is 9.13 Å². The van der Waals surface area contributed by atoms with Gasteiger partial charge in [0.1, 0.15) is 11.3 Å². The fourth-order valence-electron chi connectivity index (χ4n) is 3.68. The Morgan fingerprint density at radius 2 is 1.55 bits per heavy atom. The fraction of sp³-hybridized carbons (Fsp3) is 0.261. The highest BCUT2D eigenvalue weighted by Crippen LogP contribution is 2.31. The average Bonchev–Trinajstić information content (AvgIpc) is 3.34. The van der Waals surface area contributed by atoms with Crippen LogP contribution in [0.5, 0.6) is 0 Å². The van der Waals surface area contributed by atoms with Gasteiger partial charge >= 0.3 is 11.9 Å². The van der Waals surface area contributed by atoms with Crippen LogP contribution in [0.2, 0.25) is 20.2 Å². The van der Waals surface area contributed by atoms with Crippen molar-refractivity contribution in [3.8, 4) is 16.9 Å². The van der Waals surface area contributed by atoms with E-state index in [1.807, 2.05) is 0 Å². The molecule has 0 spiro atoms. The van der Waals surface area contributed by atoms with Gasteiger partial charge in [-0.25, -0.2) is 14.5 Å². The smallest absolute Gasteiger partial charge is 0.385 e. The summed E-state index contributed by atoms with van der Waals surface area (Å²) in [5.74, 6) is 0.101. The molecule has 4 aromatic rings. The van der Waals surface area contributed by atoms with Crippen molar-refractivity contribution in [2.75, 3.05) is 0 Å². The normalized spacial score (nSPS) is 13.6. The zero-order valence-corrected chi connectivity index (χ0v) is 22.3. The first-order chi connectivity index (χ1) is 17.8. The highest BCUT2D eigenvalue weighted by molar-refractivity contribution is 6.35. The molecule has 2 N–H and O–H groups in total. The number of hydrogen-bond donors (Lipinski definition) is 2. The van der Waals surface area contributed by atoms with Crippen LogP contribution in [-0.4, -0.2) is 46.4 Å². The van der Waals surface area contributed by atoms with Crippen LogP contribution >= 0.6 is 46.4 Å². The molecule has 0 aliphatic rings. The SMILES string of the molecule is CC(O)c1nc(Cn2c(Cl)c(-c3ccc(Cl)cc3)n(CC(O)C(F)(F)F)c2=O)n(-c2cc(Cl)cc(Cl)c2)n1. The molecule has 2 aromatic heterocycles. The second-order valence-corrected chi connectivity index (χ2v) is 9.95. The topological polar surface area (TPSA) is 98.1 Å². The zero-order chi connectivity index (χ0) is 27.9. The predicted molar refractivity (Wildman–Crippen MR) is 137 cm³/mol. The first kappa shape index (κ1) is 28.5. The lowest BCUT2D eigenvalue weighted by Gasteiger charge is -2.16. The average molecular weight is 611 g/mol. The van der Waals surface area contributed by atoms with Crippen LogP contribution in [0.1, 0.15) is 24.7 Å². The van der Waals surface area contributed by atoms with E-state index >= 15 is 0 Å². The van der Waals surface area contributed by atoms with Crippen molar-refractivity contribution in [3.05, 3.63) is 84.8 Å².